The first-order chi connectivity index (χ1) is 7.18. The number of carbonyl (C=O) groups is 1. The minimum atomic E-state index is -0.773. The van der Waals surface area contributed by atoms with Gasteiger partial charge in [-0.25, -0.2) is 0 Å². The molecule has 15 heavy (non-hydrogen) atoms. The molecule has 2 rings (SSSR count). The van der Waals surface area contributed by atoms with E-state index >= 15 is 0 Å². The van der Waals surface area contributed by atoms with Gasteiger partial charge in [0.1, 0.15) is 4.71 Å². The summed E-state index contributed by atoms with van der Waals surface area (Å²) in [6, 6.07) is 7.97. The molecule has 0 spiro atoms. The quantitative estimate of drug-likeness (QED) is 0.797. The van der Waals surface area contributed by atoms with E-state index in [1.54, 1.807) is 11.8 Å². The number of hydrogen-bond donors (Lipinski definition) is 2. The lowest BCUT2D eigenvalue weighted by Gasteiger charge is -2.21. The standard InChI is InChI=1S/C10H11NO2S2/c12-9(13)5-6-11-7-3-1-2-4-8(7)15-10(11)14/h1-4,10,14H,5-6H2,(H,12,13). The Morgan fingerprint density at radius 1 is 1.53 bits per heavy atom. The van der Waals surface area contributed by atoms with Crippen LogP contribution in [0, 0.1) is 0 Å². The Morgan fingerprint density at radius 3 is 3.00 bits per heavy atom. The molecule has 0 amide bonds. The first-order valence-corrected chi connectivity index (χ1v) is 6.00. The zero-order valence-corrected chi connectivity index (χ0v) is 9.67. The molecule has 0 aliphatic carbocycles. The second-order valence-electron chi connectivity index (χ2n) is 3.25. The van der Waals surface area contributed by atoms with Gasteiger partial charge in [-0.3, -0.25) is 4.79 Å². The van der Waals surface area contributed by atoms with Gasteiger partial charge in [-0.1, -0.05) is 23.9 Å². The number of aliphatic carboxylic acids is 1. The molecule has 1 aromatic carbocycles. The van der Waals surface area contributed by atoms with Gasteiger partial charge >= 0.3 is 5.97 Å². The summed E-state index contributed by atoms with van der Waals surface area (Å²) in [7, 11) is 0. The summed E-state index contributed by atoms with van der Waals surface area (Å²) in [6.07, 6.45) is 0.145. The first-order valence-electron chi connectivity index (χ1n) is 4.60. The van der Waals surface area contributed by atoms with Crippen LogP contribution in [0.3, 0.4) is 0 Å². The maximum Gasteiger partial charge on any atom is 0.305 e. The van der Waals surface area contributed by atoms with E-state index in [-0.39, 0.29) is 11.1 Å². The number of benzene rings is 1. The van der Waals surface area contributed by atoms with Crippen molar-refractivity contribution >= 4 is 36.0 Å². The number of nitrogens with zero attached hydrogens (tertiary/aromatic N) is 1. The summed E-state index contributed by atoms with van der Waals surface area (Å²) in [5, 5.41) is 8.65. The number of hydrogen-bond acceptors (Lipinski definition) is 4. The van der Waals surface area contributed by atoms with Crippen LogP contribution in [0.1, 0.15) is 6.42 Å². The highest BCUT2D eigenvalue weighted by Crippen LogP contribution is 2.44. The lowest BCUT2D eigenvalue weighted by atomic mass is 10.3. The molecule has 0 radical (unpaired) electrons. The second kappa shape index (κ2) is 4.37. The Morgan fingerprint density at radius 2 is 2.27 bits per heavy atom. The molecule has 1 heterocycles. The molecule has 0 saturated carbocycles. The summed E-state index contributed by atoms with van der Waals surface area (Å²) in [4.78, 5) is 13.7. The van der Waals surface area contributed by atoms with Gasteiger partial charge in [-0.05, 0) is 12.1 Å². The van der Waals surface area contributed by atoms with Crippen LogP contribution >= 0.6 is 24.4 Å². The Labute approximate surface area is 97.9 Å². The van der Waals surface area contributed by atoms with Crippen molar-refractivity contribution in [3.63, 3.8) is 0 Å². The molecular weight excluding hydrogens is 230 g/mol. The summed E-state index contributed by atoms with van der Waals surface area (Å²) >= 11 is 6.08. The SMILES string of the molecule is O=C(O)CCN1c2ccccc2SC1S. The average Bonchev–Trinajstić information content (AvgIpc) is 2.50. The lowest BCUT2D eigenvalue weighted by molar-refractivity contribution is -0.136. The van der Waals surface area contributed by atoms with Crippen LogP contribution < -0.4 is 4.90 Å². The van der Waals surface area contributed by atoms with Crippen LogP contribution in [0.2, 0.25) is 0 Å². The van der Waals surface area contributed by atoms with Gasteiger partial charge in [0.25, 0.3) is 0 Å². The number of fused-ring (bicyclic) bond motifs is 1. The van der Waals surface area contributed by atoms with E-state index in [4.69, 9.17) is 5.11 Å². The van der Waals surface area contributed by atoms with Gasteiger partial charge in [0.15, 0.2) is 0 Å². The molecule has 0 saturated heterocycles. The zero-order valence-electron chi connectivity index (χ0n) is 7.96. The van der Waals surface area contributed by atoms with Crippen LogP contribution in [-0.4, -0.2) is 22.3 Å². The van der Waals surface area contributed by atoms with Crippen molar-refractivity contribution in [1.29, 1.82) is 0 Å². The first kappa shape index (κ1) is 10.7. The third-order valence-electron chi connectivity index (χ3n) is 2.24. The molecule has 5 heteroatoms. The van der Waals surface area contributed by atoms with Crippen molar-refractivity contribution < 1.29 is 9.90 Å². The van der Waals surface area contributed by atoms with Crippen molar-refractivity contribution in [2.75, 3.05) is 11.4 Å². The zero-order chi connectivity index (χ0) is 10.8. The molecule has 0 aromatic heterocycles. The van der Waals surface area contributed by atoms with Crippen molar-refractivity contribution in [2.45, 2.75) is 16.0 Å². The number of anilines is 1. The van der Waals surface area contributed by atoms with Crippen molar-refractivity contribution in [1.82, 2.24) is 0 Å². The molecule has 1 N–H and O–H groups in total. The minimum absolute atomic E-state index is 0.0294. The summed E-state index contributed by atoms with van der Waals surface area (Å²) in [5.74, 6) is -0.773. The van der Waals surface area contributed by atoms with E-state index in [9.17, 15) is 4.79 Å². The number of carboxylic acids is 1. The maximum absolute atomic E-state index is 10.5. The number of para-hydroxylation sites is 1. The van der Waals surface area contributed by atoms with Crippen LogP contribution in [0.4, 0.5) is 5.69 Å². The Balaban J connectivity index is 2.15. The van der Waals surface area contributed by atoms with E-state index in [1.807, 2.05) is 29.2 Å². The molecule has 1 atom stereocenters. The third kappa shape index (κ3) is 2.23. The number of thiol groups is 1. The largest absolute Gasteiger partial charge is 0.481 e. The highest BCUT2D eigenvalue weighted by molar-refractivity contribution is 8.10. The second-order valence-corrected chi connectivity index (χ2v) is 5.21. The smallest absolute Gasteiger partial charge is 0.305 e. The fraction of sp³-hybridized carbons (Fsp3) is 0.300. The summed E-state index contributed by atoms with van der Waals surface area (Å²) in [5.41, 5.74) is 1.09. The Hall–Kier alpha value is -0.810. The summed E-state index contributed by atoms with van der Waals surface area (Å²) < 4.78 is 0.0294. The molecular formula is C10H11NO2S2. The van der Waals surface area contributed by atoms with Gasteiger partial charge < -0.3 is 10.0 Å². The van der Waals surface area contributed by atoms with Crippen molar-refractivity contribution in [2.24, 2.45) is 0 Å². The molecule has 0 bridgehead atoms. The minimum Gasteiger partial charge on any atom is -0.481 e. The van der Waals surface area contributed by atoms with Gasteiger partial charge in [-0.2, -0.15) is 0 Å². The van der Waals surface area contributed by atoms with Gasteiger partial charge in [-0.15, -0.1) is 12.6 Å². The van der Waals surface area contributed by atoms with Gasteiger partial charge in [0, 0.05) is 11.4 Å². The highest BCUT2D eigenvalue weighted by atomic mass is 32.2. The van der Waals surface area contributed by atoms with Crippen LogP contribution in [0.25, 0.3) is 0 Å². The molecule has 3 nitrogen and oxygen atoms in total. The molecule has 1 unspecified atom stereocenters. The van der Waals surface area contributed by atoms with Crippen molar-refractivity contribution in [3.05, 3.63) is 24.3 Å². The Kier molecular flexibility index (Phi) is 3.11. The van der Waals surface area contributed by atoms with Crippen molar-refractivity contribution in [3.8, 4) is 0 Å². The third-order valence-corrected chi connectivity index (χ3v) is 3.90. The van der Waals surface area contributed by atoms with E-state index in [0.29, 0.717) is 6.54 Å². The lowest BCUT2D eigenvalue weighted by Crippen LogP contribution is -2.27. The average molecular weight is 241 g/mol. The monoisotopic (exact) mass is 241 g/mol. The molecule has 80 valence electrons. The number of thioether (sulfide) groups is 1. The van der Waals surface area contributed by atoms with E-state index in [1.165, 1.54) is 4.90 Å². The van der Waals surface area contributed by atoms with E-state index < -0.39 is 5.97 Å². The van der Waals surface area contributed by atoms with Gasteiger partial charge in [0.05, 0.1) is 12.1 Å². The normalized spacial score (nSPS) is 19.0. The predicted molar refractivity (Wildman–Crippen MR) is 64.7 cm³/mol. The molecule has 0 fully saturated rings. The fourth-order valence-corrected chi connectivity index (χ4v) is 3.15. The molecule has 1 aromatic rings. The van der Waals surface area contributed by atoms with Gasteiger partial charge in [0.2, 0.25) is 0 Å². The van der Waals surface area contributed by atoms with E-state index in [0.717, 1.165) is 5.69 Å². The van der Waals surface area contributed by atoms with Crippen LogP contribution in [0.15, 0.2) is 29.2 Å². The number of carboxylic acid groups (broad SMARTS) is 1. The summed E-state index contributed by atoms with van der Waals surface area (Å²) in [6.45, 7) is 0.507. The fourth-order valence-electron chi connectivity index (χ4n) is 1.54. The maximum atomic E-state index is 10.5. The van der Waals surface area contributed by atoms with Crippen LogP contribution in [0.5, 0.6) is 0 Å². The van der Waals surface area contributed by atoms with Crippen LogP contribution in [-0.2, 0) is 4.79 Å². The molecule has 1 aliphatic heterocycles. The van der Waals surface area contributed by atoms with E-state index in [2.05, 4.69) is 12.6 Å². The highest BCUT2D eigenvalue weighted by Gasteiger charge is 2.26. The molecule has 1 aliphatic rings. The topological polar surface area (TPSA) is 40.5 Å². The Bertz CT molecular complexity index is 383. The predicted octanol–water partition coefficient (Wildman–Crippen LogP) is 2.29. The number of rotatable bonds is 3.